The van der Waals surface area contributed by atoms with E-state index in [2.05, 4.69) is 6.58 Å². The molecule has 0 aliphatic heterocycles. The van der Waals surface area contributed by atoms with E-state index in [1.54, 1.807) is 5.70 Å². The van der Waals surface area contributed by atoms with Gasteiger partial charge < -0.3 is 5.11 Å². The average molecular weight is 86.2 g/mol. The van der Waals surface area contributed by atoms with Crippen LogP contribution in [0.3, 0.4) is 0 Å². The second-order valence-corrected chi connectivity index (χ2v) is 1.70. The van der Waals surface area contributed by atoms with Gasteiger partial charge in [-0.05, 0) is 0 Å². The fourth-order valence-electron chi connectivity index (χ4n) is 0.0645. The van der Waals surface area contributed by atoms with Gasteiger partial charge in [0.15, 0.2) is 0 Å². The molecule has 0 fully saturated rings. The summed E-state index contributed by atoms with van der Waals surface area (Å²) in [5, 5.41) is 8.01. The van der Waals surface area contributed by atoms with Gasteiger partial charge in [-0.15, -0.1) is 12.3 Å². The van der Waals surface area contributed by atoms with Crippen molar-refractivity contribution in [1.82, 2.24) is 0 Å². The lowest BCUT2D eigenvalue weighted by molar-refractivity contribution is 0.367. The molecule has 0 aromatic rings. The molecule has 0 atom stereocenters. The third-order valence-electron chi connectivity index (χ3n) is 0.236. The van der Waals surface area contributed by atoms with E-state index in [0.717, 1.165) is 0 Å². The van der Waals surface area contributed by atoms with Crippen molar-refractivity contribution in [3.63, 3.8) is 0 Å². The van der Waals surface area contributed by atoms with E-state index in [9.17, 15) is 0 Å². The van der Waals surface area contributed by atoms with Gasteiger partial charge in [0.1, 0.15) is 9.52 Å². The minimum atomic E-state index is 0.253. The summed E-state index contributed by atoms with van der Waals surface area (Å²) in [7, 11) is 0.517. The van der Waals surface area contributed by atoms with Crippen LogP contribution in [0.2, 0.25) is 0 Å². The molecule has 1 nitrogen and oxygen atoms in total. The van der Waals surface area contributed by atoms with Gasteiger partial charge in [-0.3, -0.25) is 0 Å². The van der Waals surface area contributed by atoms with Crippen LogP contribution >= 0.6 is 0 Å². The summed E-state index contributed by atoms with van der Waals surface area (Å²) in [6.45, 7) is 3.40. The van der Waals surface area contributed by atoms with Crippen LogP contribution < -0.4 is 0 Å². The second-order valence-electron chi connectivity index (χ2n) is 0.566. The second kappa shape index (κ2) is 3.92. The molecule has 0 aromatic heterocycles. The topological polar surface area (TPSA) is 20.2 Å². The maximum atomic E-state index is 8.01. The van der Waals surface area contributed by atoms with Crippen molar-refractivity contribution in [2.24, 2.45) is 0 Å². The lowest BCUT2D eigenvalue weighted by atomic mass is 11.3. The highest BCUT2D eigenvalue weighted by Gasteiger charge is 1.66. The highest BCUT2D eigenvalue weighted by atomic mass is 28.2. The van der Waals surface area contributed by atoms with Gasteiger partial charge in [-0.1, -0.05) is 0 Å². The molecule has 0 rings (SSSR count). The SMILES string of the molecule is C=C[Si]CO. The van der Waals surface area contributed by atoms with Crippen molar-refractivity contribution >= 4 is 9.52 Å². The van der Waals surface area contributed by atoms with Crippen LogP contribution in [0, 0.1) is 0 Å². The van der Waals surface area contributed by atoms with Crippen molar-refractivity contribution in [1.29, 1.82) is 0 Å². The smallest absolute Gasteiger partial charge is 0.103 e. The first-order chi connectivity index (χ1) is 2.41. The van der Waals surface area contributed by atoms with Crippen LogP contribution in [0.1, 0.15) is 0 Å². The fraction of sp³-hybridized carbons (Fsp3) is 0.333. The summed E-state index contributed by atoms with van der Waals surface area (Å²) in [6.07, 6.45) is 0.253. The Bertz CT molecular complexity index is 28.1. The first-order valence-electron chi connectivity index (χ1n) is 1.37. The van der Waals surface area contributed by atoms with Crippen molar-refractivity contribution < 1.29 is 5.11 Å². The zero-order valence-electron chi connectivity index (χ0n) is 2.94. The molecule has 2 heteroatoms. The van der Waals surface area contributed by atoms with Gasteiger partial charge in [-0.25, -0.2) is 0 Å². The molecule has 0 aliphatic rings. The average Bonchev–Trinajstić information content (AvgIpc) is 1.41. The predicted molar refractivity (Wildman–Crippen MR) is 23.0 cm³/mol. The molecule has 0 bridgehead atoms. The van der Waals surface area contributed by atoms with Crippen molar-refractivity contribution in [2.45, 2.75) is 0 Å². The maximum absolute atomic E-state index is 8.01. The Labute approximate surface area is 34.1 Å². The van der Waals surface area contributed by atoms with Crippen LogP contribution in [0.25, 0.3) is 0 Å². The first-order valence-corrected chi connectivity index (χ1v) is 2.65. The van der Waals surface area contributed by atoms with E-state index >= 15 is 0 Å². The molecule has 0 saturated carbocycles. The van der Waals surface area contributed by atoms with E-state index in [4.69, 9.17) is 5.11 Å². The van der Waals surface area contributed by atoms with Gasteiger partial charge in [0.25, 0.3) is 0 Å². The largest absolute Gasteiger partial charge is 0.400 e. The Balaban J connectivity index is 2.40. The molecule has 0 aromatic carbocycles. The third-order valence-corrected chi connectivity index (χ3v) is 0.707. The van der Waals surface area contributed by atoms with Gasteiger partial charge in [-0.2, -0.15) is 0 Å². The minimum Gasteiger partial charge on any atom is -0.400 e. The Morgan fingerprint density at radius 1 is 2.00 bits per heavy atom. The molecule has 28 valence electrons. The number of aliphatic hydroxyl groups excluding tert-OH is 1. The Kier molecular flexibility index (Phi) is 3.85. The molecular weight excluding hydrogens is 80.1 g/mol. The molecule has 0 amide bonds. The molecule has 0 heterocycles. The minimum absolute atomic E-state index is 0.253. The monoisotopic (exact) mass is 86.0 g/mol. The molecule has 5 heavy (non-hydrogen) atoms. The van der Waals surface area contributed by atoms with E-state index < -0.39 is 0 Å². The summed E-state index contributed by atoms with van der Waals surface area (Å²) in [5.41, 5.74) is 1.71. The summed E-state index contributed by atoms with van der Waals surface area (Å²) < 4.78 is 0. The molecule has 0 spiro atoms. The van der Waals surface area contributed by atoms with E-state index in [-0.39, 0.29) is 6.23 Å². The quantitative estimate of drug-likeness (QED) is 0.461. The number of hydrogen-bond acceptors (Lipinski definition) is 1. The fourth-order valence-corrected chi connectivity index (χ4v) is 0.194. The molecular formula is C3H6OSi. The molecule has 0 saturated heterocycles. The van der Waals surface area contributed by atoms with Crippen LogP contribution in [-0.4, -0.2) is 20.9 Å². The Morgan fingerprint density at radius 2 is 2.60 bits per heavy atom. The van der Waals surface area contributed by atoms with Crippen molar-refractivity contribution in [3.8, 4) is 0 Å². The number of hydrogen-bond donors (Lipinski definition) is 1. The highest BCUT2D eigenvalue weighted by Crippen LogP contribution is 1.51. The highest BCUT2D eigenvalue weighted by molar-refractivity contribution is 6.41. The van der Waals surface area contributed by atoms with Crippen molar-refractivity contribution in [3.05, 3.63) is 12.3 Å². The predicted octanol–water partition coefficient (Wildman–Crippen LogP) is -0.216. The zero-order chi connectivity index (χ0) is 4.12. The Hall–Kier alpha value is -0.0831. The normalized spacial score (nSPS) is 7.40. The lowest BCUT2D eigenvalue weighted by Crippen LogP contribution is -1.88. The first kappa shape index (κ1) is 4.92. The standard InChI is InChI=1S/C3H6OSi/c1-2-5-3-4/h2,4H,1,3H2. The lowest BCUT2D eigenvalue weighted by Gasteiger charge is -1.70. The molecule has 0 unspecified atom stereocenters. The maximum Gasteiger partial charge on any atom is 0.103 e. The summed E-state index contributed by atoms with van der Waals surface area (Å²) in [5.74, 6) is 0. The van der Waals surface area contributed by atoms with Crippen molar-refractivity contribution in [2.75, 3.05) is 6.23 Å². The van der Waals surface area contributed by atoms with E-state index in [1.807, 2.05) is 0 Å². The van der Waals surface area contributed by atoms with Gasteiger partial charge in [0.05, 0.1) is 0 Å². The van der Waals surface area contributed by atoms with Gasteiger partial charge in [0.2, 0.25) is 0 Å². The van der Waals surface area contributed by atoms with Gasteiger partial charge >= 0.3 is 0 Å². The Morgan fingerprint density at radius 3 is 2.60 bits per heavy atom. The van der Waals surface area contributed by atoms with Crippen LogP contribution in [0.5, 0.6) is 0 Å². The third kappa shape index (κ3) is 3.92. The van der Waals surface area contributed by atoms with E-state index in [1.165, 1.54) is 0 Å². The molecule has 0 aliphatic carbocycles. The summed E-state index contributed by atoms with van der Waals surface area (Å²) in [6, 6.07) is 0. The van der Waals surface area contributed by atoms with Crippen LogP contribution in [0.4, 0.5) is 0 Å². The zero-order valence-corrected chi connectivity index (χ0v) is 3.94. The van der Waals surface area contributed by atoms with Crippen LogP contribution in [0.15, 0.2) is 12.3 Å². The molecule has 1 N–H and O–H groups in total. The van der Waals surface area contributed by atoms with Gasteiger partial charge in [0, 0.05) is 6.23 Å². The number of aliphatic hydroxyl groups is 1. The molecule has 2 radical (unpaired) electrons. The summed E-state index contributed by atoms with van der Waals surface area (Å²) in [4.78, 5) is 0. The summed E-state index contributed by atoms with van der Waals surface area (Å²) >= 11 is 0. The van der Waals surface area contributed by atoms with E-state index in [0.29, 0.717) is 9.52 Å². The van der Waals surface area contributed by atoms with Crippen LogP contribution in [-0.2, 0) is 0 Å². The number of rotatable bonds is 2.